The summed E-state index contributed by atoms with van der Waals surface area (Å²) >= 11 is 6.02. The van der Waals surface area contributed by atoms with Crippen LogP contribution in [0.4, 0.5) is 0 Å². The SMILES string of the molecule is Cc1ccc(C)c(CNC(C)c2cccc(Cl)c2)c1. The zero-order valence-electron chi connectivity index (χ0n) is 11.7. The first-order valence-corrected chi connectivity index (χ1v) is 6.99. The first-order chi connectivity index (χ1) is 9.06. The molecule has 2 aromatic rings. The Hall–Kier alpha value is -1.31. The summed E-state index contributed by atoms with van der Waals surface area (Å²) in [5.74, 6) is 0. The van der Waals surface area contributed by atoms with Gasteiger partial charge in [-0.1, -0.05) is 47.5 Å². The van der Waals surface area contributed by atoms with Crippen LogP contribution in [0.25, 0.3) is 0 Å². The van der Waals surface area contributed by atoms with Crippen molar-refractivity contribution >= 4 is 11.6 Å². The first kappa shape index (κ1) is 14.1. The van der Waals surface area contributed by atoms with Crippen LogP contribution in [0.15, 0.2) is 42.5 Å². The maximum Gasteiger partial charge on any atom is 0.0409 e. The minimum absolute atomic E-state index is 0.290. The molecule has 19 heavy (non-hydrogen) atoms. The predicted octanol–water partition coefficient (Wildman–Crippen LogP) is 4.81. The number of benzene rings is 2. The average Bonchev–Trinajstić information content (AvgIpc) is 2.39. The highest BCUT2D eigenvalue weighted by molar-refractivity contribution is 6.30. The van der Waals surface area contributed by atoms with Gasteiger partial charge in [0.05, 0.1) is 0 Å². The molecule has 0 aliphatic rings. The van der Waals surface area contributed by atoms with Crippen LogP contribution < -0.4 is 5.32 Å². The Balaban J connectivity index is 2.04. The Morgan fingerprint density at radius 1 is 1.11 bits per heavy atom. The van der Waals surface area contributed by atoms with Gasteiger partial charge in [0.25, 0.3) is 0 Å². The van der Waals surface area contributed by atoms with E-state index >= 15 is 0 Å². The van der Waals surface area contributed by atoms with Gasteiger partial charge in [-0.15, -0.1) is 0 Å². The molecule has 0 aliphatic heterocycles. The zero-order chi connectivity index (χ0) is 13.8. The first-order valence-electron chi connectivity index (χ1n) is 6.61. The van der Waals surface area contributed by atoms with Crippen molar-refractivity contribution in [3.8, 4) is 0 Å². The quantitative estimate of drug-likeness (QED) is 0.843. The van der Waals surface area contributed by atoms with Crippen LogP contribution in [0, 0.1) is 13.8 Å². The van der Waals surface area contributed by atoms with Crippen molar-refractivity contribution in [1.29, 1.82) is 0 Å². The van der Waals surface area contributed by atoms with E-state index in [1.807, 2.05) is 18.2 Å². The molecule has 2 rings (SSSR count). The highest BCUT2D eigenvalue weighted by Gasteiger charge is 2.06. The van der Waals surface area contributed by atoms with Crippen molar-refractivity contribution in [1.82, 2.24) is 5.32 Å². The molecule has 1 unspecified atom stereocenters. The van der Waals surface area contributed by atoms with Gasteiger partial charge < -0.3 is 5.32 Å². The van der Waals surface area contributed by atoms with Crippen molar-refractivity contribution in [3.63, 3.8) is 0 Å². The van der Waals surface area contributed by atoms with Gasteiger partial charge >= 0.3 is 0 Å². The third kappa shape index (κ3) is 3.82. The van der Waals surface area contributed by atoms with E-state index in [1.54, 1.807) is 0 Å². The molecule has 0 fully saturated rings. The standard InChI is InChI=1S/C17H20ClN/c1-12-7-8-13(2)16(9-12)11-19-14(3)15-5-4-6-17(18)10-15/h4-10,14,19H,11H2,1-3H3. The van der Waals surface area contributed by atoms with Crippen LogP contribution in [0.3, 0.4) is 0 Å². The summed E-state index contributed by atoms with van der Waals surface area (Å²) in [5, 5.41) is 4.34. The summed E-state index contributed by atoms with van der Waals surface area (Å²) in [6, 6.07) is 14.9. The van der Waals surface area contributed by atoms with Gasteiger partial charge in [0.1, 0.15) is 0 Å². The third-order valence-corrected chi connectivity index (χ3v) is 3.69. The molecule has 2 aromatic carbocycles. The van der Waals surface area contributed by atoms with Crippen molar-refractivity contribution in [2.75, 3.05) is 0 Å². The average molecular weight is 274 g/mol. The van der Waals surface area contributed by atoms with Crippen LogP contribution in [-0.4, -0.2) is 0 Å². The fourth-order valence-corrected chi connectivity index (χ4v) is 2.35. The number of hydrogen-bond acceptors (Lipinski definition) is 1. The van der Waals surface area contributed by atoms with Gasteiger partial charge in [-0.25, -0.2) is 0 Å². The van der Waals surface area contributed by atoms with Crippen molar-refractivity contribution in [2.24, 2.45) is 0 Å². The molecule has 1 nitrogen and oxygen atoms in total. The smallest absolute Gasteiger partial charge is 0.0409 e. The van der Waals surface area contributed by atoms with Crippen molar-refractivity contribution in [2.45, 2.75) is 33.4 Å². The van der Waals surface area contributed by atoms with Gasteiger partial charge in [-0.05, 0) is 49.6 Å². The molecule has 100 valence electrons. The molecule has 1 N–H and O–H groups in total. The van der Waals surface area contributed by atoms with E-state index in [1.165, 1.54) is 22.3 Å². The molecule has 0 aliphatic carbocycles. The molecule has 0 bridgehead atoms. The van der Waals surface area contributed by atoms with Gasteiger partial charge in [0.15, 0.2) is 0 Å². The lowest BCUT2D eigenvalue weighted by Gasteiger charge is -2.16. The lowest BCUT2D eigenvalue weighted by molar-refractivity contribution is 0.573. The van der Waals surface area contributed by atoms with E-state index in [0.717, 1.165) is 11.6 Å². The molecular weight excluding hydrogens is 254 g/mol. The van der Waals surface area contributed by atoms with Crippen LogP contribution >= 0.6 is 11.6 Å². The maximum absolute atomic E-state index is 6.02. The third-order valence-electron chi connectivity index (χ3n) is 3.45. The molecule has 0 heterocycles. The summed E-state index contributed by atoms with van der Waals surface area (Å²) in [6.45, 7) is 7.32. The van der Waals surface area contributed by atoms with E-state index in [2.05, 4.69) is 50.4 Å². The molecule has 1 atom stereocenters. The Morgan fingerprint density at radius 2 is 1.89 bits per heavy atom. The molecule has 0 aromatic heterocycles. The summed E-state index contributed by atoms with van der Waals surface area (Å²) in [5.41, 5.74) is 5.21. The lowest BCUT2D eigenvalue weighted by atomic mass is 10.0. The number of halogens is 1. The normalized spacial score (nSPS) is 12.4. The topological polar surface area (TPSA) is 12.0 Å². The second kappa shape index (κ2) is 6.23. The molecule has 0 spiro atoms. The van der Waals surface area contributed by atoms with Crippen molar-refractivity contribution in [3.05, 3.63) is 69.7 Å². The van der Waals surface area contributed by atoms with Gasteiger partial charge in [-0.3, -0.25) is 0 Å². The summed E-state index contributed by atoms with van der Waals surface area (Å²) in [6.07, 6.45) is 0. The largest absolute Gasteiger partial charge is 0.306 e. The number of aryl methyl sites for hydroxylation is 2. The molecule has 0 radical (unpaired) electrons. The summed E-state index contributed by atoms with van der Waals surface area (Å²) < 4.78 is 0. The van der Waals surface area contributed by atoms with E-state index in [-0.39, 0.29) is 0 Å². The highest BCUT2D eigenvalue weighted by Crippen LogP contribution is 2.18. The Bertz CT molecular complexity index is 563. The lowest BCUT2D eigenvalue weighted by Crippen LogP contribution is -2.18. The van der Waals surface area contributed by atoms with E-state index in [0.29, 0.717) is 6.04 Å². The van der Waals surface area contributed by atoms with E-state index in [9.17, 15) is 0 Å². The number of nitrogens with one attached hydrogen (secondary N) is 1. The fraction of sp³-hybridized carbons (Fsp3) is 0.294. The number of hydrogen-bond donors (Lipinski definition) is 1. The molecule has 0 saturated carbocycles. The van der Waals surface area contributed by atoms with Crippen LogP contribution in [0.1, 0.15) is 35.2 Å². The second-order valence-corrected chi connectivity index (χ2v) is 5.52. The second-order valence-electron chi connectivity index (χ2n) is 5.09. The van der Waals surface area contributed by atoms with Crippen LogP contribution in [0.2, 0.25) is 5.02 Å². The maximum atomic E-state index is 6.02. The van der Waals surface area contributed by atoms with Gasteiger partial charge in [0.2, 0.25) is 0 Å². The molecular formula is C17H20ClN. The predicted molar refractivity (Wildman–Crippen MR) is 82.6 cm³/mol. The molecule has 0 saturated heterocycles. The Morgan fingerprint density at radius 3 is 2.63 bits per heavy atom. The number of rotatable bonds is 4. The fourth-order valence-electron chi connectivity index (χ4n) is 2.15. The summed E-state index contributed by atoms with van der Waals surface area (Å²) in [4.78, 5) is 0. The molecule has 0 amide bonds. The van der Waals surface area contributed by atoms with E-state index in [4.69, 9.17) is 11.6 Å². The Kier molecular flexibility index (Phi) is 4.62. The van der Waals surface area contributed by atoms with Crippen molar-refractivity contribution < 1.29 is 0 Å². The minimum Gasteiger partial charge on any atom is -0.306 e. The summed E-state index contributed by atoms with van der Waals surface area (Å²) in [7, 11) is 0. The van der Waals surface area contributed by atoms with E-state index < -0.39 is 0 Å². The van der Waals surface area contributed by atoms with Crippen LogP contribution in [0.5, 0.6) is 0 Å². The Labute approximate surface area is 120 Å². The van der Waals surface area contributed by atoms with Crippen LogP contribution in [-0.2, 0) is 6.54 Å². The van der Waals surface area contributed by atoms with Gasteiger partial charge in [-0.2, -0.15) is 0 Å². The zero-order valence-corrected chi connectivity index (χ0v) is 12.5. The minimum atomic E-state index is 0.290. The molecule has 2 heteroatoms. The van der Waals surface area contributed by atoms with Gasteiger partial charge in [0, 0.05) is 17.6 Å². The monoisotopic (exact) mass is 273 g/mol. The highest BCUT2D eigenvalue weighted by atomic mass is 35.5.